The number of fused-ring (bicyclic) bond motifs is 1. The zero-order valence-corrected chi connectivity index (χ0v) is 19.2. The Kier molecular flexibility index (Phi) is 6.39. The monoisotopic (exact) mass is 425 g/mol. The number of rotatable bonds is 5. The molecule has 168 valence electrons. The quantitative estimate of drug-likeness (QED) is 0.587. The number of hydrogen-bond donors (Lipinski definition) is 1. The third-order valence-electron chi connectivity index (χ3n) is 6.41. The zero-order chi connectivity index (χ0) is 21.8. The van der Waals surface area contributed by atoms with E-state index in [9.17, 15) is 0 Å². The first kappa shape index (κ1) is 21.5. The van der Waals surface area contributed by atoms with Gasteiger partial charge in [-0.05, 0) is 37.0 Å². The van der Waals surface area contributed by atoms with Crippen LogP contribution in [-0.2, 0) is 5.41 Å². The fourth-order valence-electron chi connectivity index (χ4n) is 4.35. The van der Waals surface area contributed by atoms with E-state index in [2.05, 4.69) is 65.8 Å². The van der Waals surface area contributed by atoms with Gasteiger partial charge in [0.05, 0.1) is 18.9 Å². The molecule has 1 saturated heterocycles. The number of aromatic nitrogens is 2. The van der Waals surface area contributed by atoms with Crippen molar-refractivity contribution >= 4 is 5.96 Å². The average molecular weight is 426 g/mol. The van der Waals surface area contributed by atoms with Gasteiger partial charge in [-0.25, -0.2) is 4.98 Å². The minimum absolute atomic E-state index is 0.122. The lowest BCUT2D eigenvalue weighted by atomic mass is 9.84. The fraction of sp³-hybridized carbons (Fsp3) is 0.583. The molecule has 0 aliphatic carbocycles. The Balaban J connectivity index is 1.50. The standard InChI is InChI=1S/C24H35N5O2/c1-5-26-23(28-10-8-18(2)20(15-28)29-11-9-25-17-29)27-16-24(3,4)19-6-7-21-22(14-19)31-13-12-30-21/h6-7,9,11,14,17-18,20H,5,8,10,12-13,15-16H2,1-4H3,(H,26,27). The molecule has 2 aliphatic rings. The van der Waals surface area contributed by atoms with Gasteiger partial charge in [-0.15, -0.1) is 0 Å². The Morgan fingerprint density at radius 1 is 1.26 bits per heavy atom. The number of imidazole rings is 1. The van der Waals surface area contributed by atoms with E-state index < -0.39 is 0 Å². The van der Waals surface area contributed by atoms with Gasteiger partial charge in [-0.3, -0.25) is 4.99 Å². The number of nitrogens with zero attached hydrogens (tertiary/aromatic N) is 4. The first-order valence-corrected chi connectivity index (χ1v) is 11.4. The zero-order valence-electron chi connectivity index (χ0n) is 19.2. The van der Waals surface area contributed by atoms with Gasteiger partial charge in [0.1, 0.15) is 13.2 Å². The molecule has 7 nitrogen and oxygen atoms in total. The number of hydrogen-bond acceptors (Lipinski definition) is 4. The highest BCUT2D eigenvalue weighted by Crippen LogP contribution is 2.35. The molecule has 1 fully saturated rings. The van der Waals surface area contributed by atoms with Gasteiger partial charge in [0.15, 0.2) is 17.5 Å². The third-order valence-corrected chi connectivity index (χ3v) is 6.41. The Morgan fingerprint density at radius 3 is 2.81 bits per heavy atom. The number of benzene rings is 1. The first-order valence-electron chi connectivity index (χ1n) is 11.4. The number of guanidine groups is 1. The summed E-state index contributed by atoms with van der Waals surface area (Å²) >= 11 is 0. The second-order valence-electron chi connectivity index (χ2n) is 9.20. The van der Waals surface area contributed by atoms with Gasteiger partial charge in [-0.1, -0.05) is 26.8 Å². The summed E-state index contributed by atoms with van der Waals surface area (Å²) in [5.74, 6) is 3.27. The Labute approximate surface area is 185 Å². The number of nitrogens with one attached hydrogen (secondary N) is 1. The van der Waals surface area contributed by atoms with Crippen LogP contribution < -0.4 is 14.8 Å². The van der Waals surface area contributed by atoms with Crippen molar-refractivity contribution in [2.24, 2.45) is 10.9 Å². The molecule has 1 aromatic heterocycles. The van der Waals surface area contributed by atoms with E-state index in [1.165, 1.54) is 5.56 Å². The topological polar surface area (TPSA) is 63.9 Å². The normalized spacial score (nSPS) is 21.8. The molecule has 3 heterocycles. The van der Waals surface area contributed by atoms with Crippen LogP contribution in [0.25, 0.3) is 0 Å². The van der Waals surface area contributed by atoms with Crippen molar-refractivity contribution in [2.45, 2.75) is 45.6 Å². The molecule has 0 spiro atoms. The highest BCUT2D eigenvalue weighted by atomic mass is 16.6. The van der Waals surface area contributed by atoms with Crippen molar-refractivity contribution in [2.75, 3.05) is 39.4 Å². The first-order chi connectivity index (χ1) is 15.0. The third kappa shape index (κ3) is 4.81. The van der Waals surface area contributed by atoms with E-state index >= 15 is 0 Å². The molecule has 1 aromatic carbocycles. The van der Waals surface area contributed by atoms with Gasteiger partial charge in [0, 0.05) is 37.4 Å². The van der Waals surface area contributed by atoms with E-state index in [1.807, 2.05) is 18.6 Å². The molecule has 31 heavy (non-hydrogen) atoms. The fourth-order valence-corrected chi connectivity index (χ4v) is 4.35. The molecule has 7 heteroatoms. The number of aliphatic imine (C=N–C) groups is 1. The molecule has 0 radical (unpaired) electrons. The summed E-state index contributed by atoms with van der Waals surface area (Å²) in [6, 6.07) is 6.66. The summed E-state index contributed by atoms with van der Waals surface area (Å²) in [6.07, 6.45) is 7.00. The van der Waals surface area contributed by atoms with Gasteiger partial charge >= 0.3 is 0 Å². The maximum absolute atomic E-state index is 5.79. The van der Waals surface area contributed by atoms with Crippen molar-refractivity contribution in [3.63, 3.8) is 0 Å². The van der Waals surface area contributed by atoms with E-state index in [4.69, 9.17) is 14.5 Å². The Bertz CT molecular complexity index is 893. The summed E-state index contributed by atoms with van der Waals surface area (Å²) in [6.45, 7) is 13.6. The summed E-state index contributed by atoms with van der Waals surface area (Å²) in [5, 5.41) is 3.51. The van der Waals surface area contributed by atoms with Crippen LogP contribution in [0.5, 0.6) is 11.5 Å². The van der Waals surface area contributed by atoms with Crippen LogP contribution in [0.4, 0.5) is 0 Å². The lowest BCUT2D eigenvalue weighted by molar-refractivity contribution is 0.171. The van der Waals surface area contributed by atoms with E-state index in [-0.39, 0.29) is 5.41 Å². The maximum Gasteiger partial charge on any atom is 0.194 e. The van der Waals surface area contributed by atoms with Gasteiger partial charge in [-0.2, -0.15) is 0 Å². The minimum Gasteiger partial charge on any atom is -0.486 e. The lowest BCUT2D eigenvalue weighted by Crippen LogP contribution is -2.49. The van der Waals surface area contributed by atoms with Crippen LogP contribution in [0.2, 0.25) is 0 Å². The molecular formula is C24H35N5O2. The predicted molar refractivity (Wildman–Crippen MR) is 123 cm³/mol. The van der Waals surface area contributed by atoms with Gasteiger partial charge in [0.2, 0.25) is 0 Å². The van der Waals surface area contributed by atoms with Crippen molar-refractivity contribution in [1.82, 2.24) is 19.8 Å². The molecule has 0 saturated carbocycles. The van der Waals surface area contributed by atoms with Gasteiger partial charge < -0.3 is 24.3 Å². The molecule has 0 amide bonds. The van der Waals surface area contributed by atoms with Gasteiger partial charge in [0.25, 0.3) is 0 Å². The van der Waals surface area contributed by atoms with E-state index in [1.54, 1.807) is 0 Å². The number of likely N-dealkylation sites (tertiary alicyclic amines) is 1. The SMILES string of the molecule is CCNC(=NCC(C)(C)c1ccc2c(c1)OCCO2)N1CCC(C)C(n2ccnc2)C1. The molecule has 2 aromatic rings. The molecule has 2 aliphatic heterocycles. The van der Waals surface area contributed by atoms with Crippen LogP contribution in [-0.4, -0.2) is 59.8 Å². The van der Waals surface area contributed by atoms with Crippen molar-refractivity contribution < 1.29 is 9.47 Å². The summed E-state index contributed by atoms with van der Waals surface area (Å²) in [7, 11) is 0. The maximum atomic E-state index is 5.79. The van der Waals surface area contributed by atoms with Crippen LogP contribution in [0.3, 0.4) is 0 Å². The van der Waals surface area contributed by atoms with Crippen LogP contribution in [0, 0.1) is 5.92 Å². The Hall–Kier alpha value is -2.70. The number of piperidine rings is 1. The van der Waals surface area contributed by atoms with Crippen LogP contribution in [0.1, 0.15) is 45.7 Å². The van der Waals surface area contributed by atoms with E-state index in [0.717, 1.165) is 43.5 Å². The van der Waals surface area contributed by atoms with Crippen LogP contribution in [0.15, 0.2) is 41.9 Å². The molecule has 2 unspecified atom stereocenters. The lowest BCUT2D eigenvalue weighted by Gasteiger charge is -2.39. The molecule has 1 N–H and O–H groups in total. The highest BCUT2D eigenvalue weighted by Gasteiger charge is 2.30. The minimum atomic E-state index is -0.122. The smallest absolute Gasteiger partial charge is 0.194 e. The van der Waals surface area contributed by atoms with Crippen molar-refractivity contribution in [1.29, 1.82) is 0 Å². The average Bonchev–Trinajstić information content (AvgIpc) is 3.31. The van der Waals surface area contributed by atoms with Crippen molar-refractivity contribution in [3.8, 4) is 11.5 Å². The summed E-state index contributed by atoms with van der Waals surface area (Å²) < 4.78 is 13.7. The van der Waals surface area contributed by atoms with Crippen LogP contribution >= 0.6 is 0 Å². The largest absolute Gasteiger partial charge is 0.486 e. The molecular weight excluding hydrogens is 390 g/mol. The second-order valence-corrected chi connectivity index (χ2v) is 9.20. The Morgan fingerprint density at radius 2 is 2.06 bits per heavy atom. The molecule has 4 rings (SSSR count). The summed E-state index contributed by atoms with van der Waals surface area (Å²) in [4.78, 5) is 11.7. The number of ether oxygens (including phenoxy) is 2. The highest BCUT2D eigenvalue weighted by molar-refractivity contribution is 5.80. The second kappa shape index (κ2) is 9.20. The van der Waals surface area contributed by atoms with E-state index in [0.29, 0.717) is 31.7 Å². The van der Waals surface area contributed by atoms with Crippen molar-refractivity contribution in [3.05, 3.63) is 42.5 Å². The summed E-state index contributed by atoms with van der Waals surface area (Å²) in [5.41, 5.74) is 1.09. The predicted octanol–water partition coefficient (Wildman–Crippen LogP) is 3.48. The molecule has 2 atom stereocenters. The molecule has 0 bridgehead atoms.